The zero-order valence-electron chi connectivity index (χ0n) is 12.7. The van der Waals surface area contributed by atoms with Crippen LogP contribution in [0.5, 0.6) is 0 Å². The number of nitrogens with one attached hydrogen (secondary N) is 2. The van der Waals surface area contributed by atoms with Gasteiger partial charge in [-0.2, -0.15) is 0 Å². The number of carbonyl (C=O) groups is 2. The summed E-state index contributed by atoms with van der Waals surface area (Å²) in [6.45, 7) is 2.49. The first-order chi connectivity index (χ1) is 10.2. The van der Waals surface area contributed by atoms with E-state index in [0.29, 0.717) is 18.2 Å². The summed E-state index contributed by atoms with van der Waals surface area (Å²) in [6.07, 6.45) is 7.42. The van der Waals surface area contributed by atoms with Gasteiger partial charge in [-0.3, -0.25) is 9.59 Å². The van der Waals surface area contributed by atoms with Gasteiger partial charge in [-0.25, -0.2) is 0 Å². The van der Waals surface area contributed by atoms with Crippen molar-refractivity contribution in [3.05, 3.63) is 29.8 Å². The zero-order chi connectivity index (χ0) is 15.1. The summed E-state index contributed by atoms with van der Waals surface area (Å²) < 4.78 is 0. The van der Waals surface area contributed by atoms with Crippen LogP contribution in [0.2, 0.25) is 0 Å². The van der Waals surface area contributed by atoms with Gasteiger partial charge in [0.2, 0.25) is 0 Å². The Labute approximate surface area is 126 Å². The lowest BCUT2D eigenvalue weighted by atomic mass is 9.87. The molecular weight excluding hydrogens is 264 g/mol. The van der Waals surface area contributed by atoms with E-state index in [1.807, 2.05) is 25.1 Å². The van der Waals surface area contributed by atoms with Crippen LogP contribution in [-0.4, -0.2) is 18.4 Å². The summed E-state index contributed by atoms with van der Waals surface area (Å²) in [4.78, 5) is 23.6. The van der Waals surface area contributed by atoms with Gasteiger partial charge in [0.05, 0.1) is 0 Å². The van der Waals surface area contributed by atoms with E-state index in [-0.39, 0.29) is 0 Å². The number of para-hydroxylation sites is 1. The zero-order valence-corrected chi connectivity index (χ0v) is 12.7. The van der Waals surface area contributed by atoms with Gasteiger partial charge in [0.1, 0.15) is 0 Å². The monoisotopic (exact) mass is 288 g/mol. The predicted molar refractivity (Wildman–Crippen MR) is 84.0 cm³/mol. The van der Waals surface area contributed by atoms with Gasteiger partial charge in [-0.15, -0.1) is 0 Å². The second kappa shape index (κ2) is 7.81. The number of hydrogen-bond donors (Lipinski definition) is 2. The van der Waals surface area contributed by atoms with E-state index in [1.165, 1.54) is 32.1 Å². The van der Waals surface area contributed by atoms with Crippen LogP contribution in [0.25, 0.3) is 0 Å². The lowest BCUT2D eigenvalue weighted by Crippen LogP contribution is -2.36. The smallest absolute Gasteiger partial charge is 0.313 e. The van der Waals surface area contributed by atoms with E-state index in [4.69, 9.17) is 0 Å². The molecule has 21 heavy (non-hydrogen) atoms. The molecule has 0 aromatic heterocycles. The van der Waals surface area contributed by atoms with Crippen LogP contribution >= 0.6 is 0 Å². The molecule has 2 amide bonds. The Kier molecular flexibility index (Phi) is 5.78. The molecule has 2 rings (SSSR count). The van der Waals surface area contributed by atoms with Gasteiger partial charge in [0, 0.05) is 12.2 Å². The highest BCUT2D eigenvalue weighted by molar-refractivity contribution is 6.39. The maximum atomic E-state index is 11.8. The Morgan fingerprint density at radius 3 is 2.52 bits per heavy atom. The van der Waals surface area contributed by atoms with Gasteiger partial charge < -0.3 is 10.6 Å². The third-order valence-electron chi connectivity index (χ3n) is 4.16. The molecule has 1 aromatic rings. The lowest BCUT2D eigenvalue weighted by Gasteiger charge is -2.21. The molecule has 0 heterocycles. The number of benzene rings is 1. The van der Waals surface area contributed by atoms with Gasteiger partial charge in [-0.1, -0.05) is 50.3 Å². The average molecular weight is 288 g/mol. The van der Waals surface area contributed by atoms with E-state index in [9.17, 15) is 9.59 Å². The minimum absolute atomic E-state index is 0.547. The fraction of sp³-hybridized carbons (Fsp3) is 0.529. The normalized spacial score (nSPS) is 15.5. The Morgan fingerprint density at radius 2 is 1.81 bits per heavy atom. The quantitative estimate of drug-likeness (QED) is 0.837. The van der Waals surface area contributed by atoms with Crippen LogP contribution in [0.4, 0.5) is 5.69 Å². The summed E-state index contributed by atoms with van der Waals surface area (Å²) in [5.74, 6) is -0.430. The van der Waals surface area contributed by atoms with Gasteiger partial charge in [-0.05, 0) is 30.9 Å². The van der Waals surface area contributed by atoms with Gasteiger partial charge in [0.15, 0.2) is 0 Å². The molecule has 4 nitrogen and oxygen atoms in total. The minimum atomic E-state index is -0.590. The molecule has 0 spiro atoms. The first-order valence-corrected chi connectivity index (χ1v) is 7.81. The summed E-state index contributed by atoms with van der Waals surface area (Å²) in [7, 11) is 0. The van der Waals surface area contributed by atoms with Crippen molar-refractivity contribution in [1.82, 2.24) is 5.32 Å². The molecule has 1 fully saturated rings. The maximum Gasteiger partial charge on any atom is 0.313 e. The fourth-order valence-corrected chi connectivity index (χ4v) is 2.84. The van der Waals surface area contributed by atoms with E-state index in [2.05, 4.69) is 10.6 Å². The Balaban J connectivity index is 1.72. The van der Waals surface area contributed by atoms with Crippen LogP contribution in [0.1, 0.15) is 44.1 Å². The Morgan fingerprint density at radius 1 is 1.10 bits per heavy atom. The molecule has 1 aromatic carbocycles. The standard InChI is InChI=1S/C17H24N2O2/c1-13-7-5-6-10-15(13)19-17(21)16(20)18-12-11-14-8-3-2-4-9-14/h5-7,10,14H,2-4,8-9,11-12H2,1H3,(H,18,20)(H,19,21). The summed E-state index contributed by atoms with van der Waals surface area (Å²) in [5.41, 5.74) is 1.63. The highest BCUT2D eigenvalue weighted by atomic mass is 16.2. The summed E-state index contributed by atoms with van der Waals surface area (Å²) in [6, 6.07) is 7.43. The van der Waals surface area contributed by atoms with Crippen molar-refractivity contribution in [2.75, 3.05) is 11.9 Å². The van der Waals surface area contributed by atoms with Crippen molar-refractivity contribution in [2.45, 2.75) is 45.4 Å². The molecule has 4 heteroatoms. The number of hydrogen-bond acceptors (Lipinski definition) is 2. The van der Waals surface area contributed by atoms with Crippen LogP contribution in [0.3, 0.4) is 0 Å². The number of rotatable bonds is 4. The van der Waals surface area contributed by atoms with Crippen molar-refractivity contribution < 1.29 is 9.59 Å². The molecule has 0 aliphatic heterocycles. The van der Waals surface area contributed by atoms with Crippen molar-refractivity contribution in [2.24, 2.45) is 5.92 Å². The largest absolute Gasteiger partial charge is 0.348 e. The number of anilines is 1. The van der Waals surface area contributed by atoms with Gasteiger partial charge in [0.25, 0.3) is 0 Å². The Hall–Kier alpha value is -1.84. The molecule has 0 radical (unpaired) electrons. The first kappa shape index (κ1) is 15.5. The Bertz CT molecular complexity index is 493. The highest BCUT2D eigenvalue weighted by Crippen LogP contribution is 2.25. The number of carbonyl (C=O) groups excluding carboxylic acids is 2. The molecule has 1 aliphatic carbocycles. The van der Waals surface area contributed by atoms with Gasteiger partial charge >= 0.3 is 11.8 Å². The fourth-order valence-electron chi connectivity index (χ4n) is 2.84. The summed E-state index contributed by atoms with van der Waals surface area (Å²) in [5, 5.41) is 5.37. The molecule has 0 atom stereocenters. The van der Waals surface area contributed by atoms with Crippen LogP contribution in [-0.2, 0) is 9.59 Å². The van der Waals surface area contributed by atoms with E-state index in [0.717, 1.165) is 12.0 Å². The predicted octanol–water partition coefficient (Wildman–Crippen LogP) is 3.02. The van der Waals surface area contributed by atoms with E-state index < -0.39 is 11.8 Å². The van der Waals surface area contributed by atoms with Crippen molar-refractivity contribution in [3.63, 3.8) is 0 Å². The third kappa shape index (κ3) is 4.88. The molecular formula is C17H24N2O2. The molecule has 1 saturated carbocycles. The molecule has 114 valence electrons. The van der Waals surface area contributed by atoms with Crippen LogP contribution < -0.4 is 10.6 Å². The molecule has 0 bridgehead atoms. The SMILES string of the molecule is Cc1ccccc1NC(=O)C(=O)NCCC1CCCCC1. The molecule has 2 N–H and O–H groups in total. The first-order valence-electron chi connectivity index (χ1n) is 7.81. The maximum absolute atomic E-state index is 11.8. The molecule has 1 aliphatic rings. The number of amides is 2. The second-order valence-electron chi connectivity index (χ2n) is 5.82. The van der Waals surface area contributed by atoms with Crippen molar-refractivity contribution in [1.29, 1.82) is 0 Å². The summed E-state index contributed by atoms with van der Waals surface area (Å²) >= 11 is 0. The number of aryl methyl sites for hydroxylation is 1. The van der Waals surface area contributed by atoms with Crippen molar-refractivity contribution in [3.8, 4) is 0 Å². The van der Waals surface area contributed by atoms with Crippen LogP contribution in [0.15, 0.2) is 24.3 Å². The average Bonchev–Trinajstić information content (AvgIpc) is 2.50. The van der Waals surface area contributed by atoms with E-state index >= 15 is 0 Å². The highest BCUT2D eigenvalue weighted by Gasteiger charge is 2.16. The molecule has 0 saturated heterocycles. The lowest BCUT2D eigenvalue weighted by molar-refractivity contribution is -0.136. The van der Waals surface area contributed by atoms with Crippen LogP contribution in [0, 0.1) is 12.8 Å². The molecule has 0 unspecified atom stereocenters. The van der Waals surface area contributed by atoms with E-state index in [1.54, 1.807) is 6.07 Å². The topological polar surface area (TPSA) is 58.2 Å². The minimum Gasteiger partial charge on any atom is -0.348 e. The van der Waals surface area contributed by atoms with Crippen molar-refractivity contribution >= 4 is 17.5 Å². The third-order valence-corrected chi connectivity index (χ3v) is 4.16. The second-order valence-corrected chi connectivity index (χ2v) is 5.82.